The minimum atomic E-state index is 0.735. The van der Waals surface area contributed by atoms with Crippen LogP contribution in [-0.4, -0.2) is 36.6 Å². The molecule has 2 heteroatoms. The van der Waals surface area contributed by atoms with Gasteiger partial charge in [0.15, 0.2) is 0 Å². The summed E-state index contributed by atoms with van der Waals surface area (Å²) in [5.74, 6) is 0. The third kappa shape index (κ3) is 14.8. The fourth-order valence-corrected chi connectivity index (χ4v) is 6.35. The highest BCUT2D eigenvalue weighted by Crippen LogP contribution is 2.24. The van der Waals surface area contributed by atoms with E-state index in [9.17, 15) is 0 Å². The van der Waals surface area contributed by atoms with Crippen molar-refractivity contribution in [3.63, 3.8) is 0 Å². The molecule has 0 amide bonds. The molecule has 0 aromatic rings. The molecule has 2 aliphatic rings. The average molecular weight is 463 g/mol. The number of rotatable bonds is 12. The highest BCUT2D eigenvalue weighted by Gasteiger charge is 2.26. The molecule has 2 atom stereocenters. The maximum atomic E-state index is 4.15. The van der Waals surface area contributed by atoms with Gasteiger partial charge >= 0.3 is 0 Å². The van der Waals surface area contributed by atoms with Gasteiger partial charge in [0.05, 0.1) is 0 Å². The van der Waals surface area contributed by atoms with Crippen LogP contribution in [0, 0.1) is 0 Å². The molecule has 2 unspecified atom stereocenters. The summed E-state index contributed by atoms with van der Waals surface area (Å²) in [6.07, 6.45) is 36.2. The molecule has 2 fully saturated rings. The molecular formula is C31H62N2. The summed E-state index contributed by atoms with van der Waals surface area (Å²) >= 11 is 0. The van der Waals surface area contributed by atoms with Gasteiger partial charge in [-0.3, -0.25) is 4.90 Å². The van der Waals surface area contributed by atoms with Gasteiger partial charge in [-0.05, 0) is 51.7 Å². The van der Waals surface area contributed by atoms with Crippen molar-refractivity contribution in [1.82, 2.24) is 10.2 Å². The van der Waals surface area contributed by atoms with Crippen molar-refractivity contribution in [2.24, 2.45) is 0 Å². The van der Waals surface area contributed by atoms with E-state index < -0.39 is 0 Å². The van der Waals surface area contributed by atoms with Gasteiger partial charge in [0.25, 0.3) is 0 Å². The summed E-state index contributed by atoms with van der Waals surface area (Å²) in [5, 5.41) is 4.15. The highest BCUT2D eigenvalue weighted by molar-refractivity contribution is 4.86. The third-order valence-electron chi connectivity index (χ3n) is 8.53. The SMILES string of the molecule is CCCCCCCCCCCNC1CCCCCCCCCCC1N1CCCCCCCC1. The van der Waals surface area contributed by atoms with Gasteiger partial charge in [-0.25, -0.2) is 0 Å². The zero-order valence-electron chi connectivity index (χ0n) is 22.9. The first-order valence-electron chi connectivity index (χ1n) is 15.9. The van der Waals surface area contributed by atoms with Crippen LogP contribution in [-0.2, 0) is 0 Å². The van der Waals surface area contributed by atoms with Crippen LogP contribution < -0.4 is 5.32 Å². The van der Waals surface area contributed by atoms with Gasteiger partial charge in [-0.15, -0.1) is 0 Å². The second-order valence-electron chi connectivity index (χ2n) is 11.5. The normalized spacial score (nSPS) is 25.4. The van der Waals surface area contributed by atoms with Crippen LogP contribution in [0.2, 0.25) is 0 Å². The van der Waals surface area contributed by atoms with E-state index in [-0.39, 0.29) is 0 Å². The molecule has 1 saturated heterocycles. The molecule has 0 radical (unpaired) electrons. The molecule has 2 rings (SSSR count). The summed E-state index contributed by atoms with van der Waals surface area (Å²) in [6, 6.07) is 1.53. The minimum Gasteiger partial charge on any atom is -0.312 e. The van der Waals surface area contributed by atoms with Crippen molar-refractivity contribution in [3.05, 3.63) is 0 Å². The molecule has 0 spiro atoms. The molecule has 2 nitrogen and oxygen atoms in total. The maximum absolute atomic E-state index is 4.15. The van der Waals surface area contributed by atoms with Gasteiger partial charge in [0.1, 0.15) is 0 Å². The van der Waals surface area contributed by atoms with Crippen LogP contribution in [0.3, 0.4) is 0 Å². The molecule has 0 bridgehead atoms. The molecular weight excluding hydrogens is 400 g/mol. The summed E-state index contributed by atoms with van der Waals surface area (Å²) in [4.78, 5) is 2.96. The van der Waals surface area contributed by atoms with Gasteiger partial charge in [-0.2, -0.15) is 0 Å². The maximum Gasteiger partial charge on any atom is 0.0249 e. The van der Waals surface area contributed by atoms with Crippen molar-refractivity contribution in [2.45, 2.75) is 180 Å². The Morgan fingerprint density at radius 2 is 0.970 bits per heavy atom. The van der Waals surface area contributed by atoms with Crippen molar-refractivity contribution in [3.8, 4) is 0 Å². The molecule has 0 aromatic heterocycles. The lowest BCUT2D eigenvalue weighted by Gasteiger charge is -2.38. The van der Waals surface area contributed by atoms with Crippen LogP contribution in [0.5, 0.6) is 0 Å². The highest BCUT2D eigenvalue weighted by atomic mass is 15.2. The number of hydrogen-bond donors (Lipinski definition) is 1. The third-order valence-corrected chi connectivity index (χ3v) is 8.53. The Hall–Kier alpha value is -0.0800. The minimum absolute atomic E-state index is 0.735. The number of hydrogen-bond acceptors (Lipinski definition) is 2. The predicted octanol–water partition coefficient (Wildman–Crippen LogP) is 9.41. The van der Waals surface area contributed by atoms with Crippen molar-refractivity contribution < 1.29 is 0 Å². The van der Waals surface area contributed by atoms with E-state index in [4.69, 9.17) is 0 Å². The Morgan fingerprint density at radius 3 is 1.55 bits per heavy atom. The Balaban J connectivity index is 1.81. The van der Waals surface area contributed by atoms with E-state index in [0.717, 1.165) is 12.1 Å². The number of unbranched alkanes of at least 4 members (excludes halogenated alkanes) is 8. The van der Waals surface area contributed by atoms with E-state index in [1.165, 1.54) is 180 Å². The molecule has 196 valence electrons. The Labute approximate surface area is 209 Å². The second-order valence-corrected chi connectivity index (χ2v) is 11.5. The van der Waals surface area contributed by atoms with Crippen molar-refractivity contribution in [1.29, 1.82) is 0 Å². The quantitative estimate of drug-likeness (QED) is 0.290. The molecule has 1 N–H and O–H groups in total. The average Bonchev–Trinajstić information content (AvgIpc) is 2.96. The molecule has 0 aromatic carbocycles. The zero-order chi connectivity index (χ0) is 23.2. The van der Waals surface area contributed by atoms with Crippen molar-refractivity contribution in [2.75, 3.05) is 19.6 Å². The number of nitrogens with zero attached hydrogens (tertiary/aromatic N) is 1. The smallest absolute Gasteiger partial charge is 0.0249 e. The van der Waals surface area contributed by atoms with Crippen LogP contribution in [0.15, 0.2) is 0 Å². The van der Waals surface area contributed by atoms with E-state index in [1.54, 1.807) is 0 Å². The van der Waals surface area contributed by atoms with Crippen LogP contribution >= 0.6 is 0 Å². The van der Waals surface area contributed by atoms with Crippen LogP contribution in [0.4, 0.5) is 0 Å². The zero-order valence-corrected chi connectivity index (χ0v) is 22.9. The molecule has 1 heterocycles. The second kappa shape index (κ2) is 21.2. The van der Waals surface area contributed by atoms with Gasteiger partial charge in [0, 0.05) is 12.1 Å². The Kier molecular flexibility index (Phi) is 18.7. The summed E-state index contributed by atoms with van der Waals surface area (Å²) < 4.78 is 0. The lowest BCUT2D eigenvalue weighted by Crippen LogP contribution is -2.51. The fraction of sp³-hybridized carbons (Fsp3) is 1.00. The van der Waals surface area contributed by atoms with Gasteiger partial charge in [-0.1, -0.05) is 135 Å². The first-order chi connectivity index (χ1) is 16.4. The molecule has 1 aliphatic heterocycles. The lowest BCUT2D eigenvalue weighted by atomic mass is 9.92. The van der Waals surface area contributed by atoms with E-state index >= 15 is 0 Å². The Bertz CT molecular complexity index is 400. The topological polar surface area (TPSA) is 15.3 Å². The van der Waals surface area contributed by atoms with E-state index in [2.05, 4.69) is 17.1 Å². The van der Waals surface area contributed by atoms with Crippen LogP contribution in [0.25, 0.3) is 0 Å². The number of nitrogens with one attached hydrogen (secondary N) is 1. The predicted molar refractivity (Wildman–Crippen MR) is 148 cm³/mol. The largest absolute Gasteiger partial charge is 0.312 e. The molecule has 1 aliphatic carbocycles. The monoisotopic (exact) mass is 462 g/mol. The van der Waals surface area contributed by atoms with Gasteiger partial charge < -0.3 is 5.32 Å². The summed E-state index contributed by atoms with van der Waals surface area (Å²) in [7, 11) is 0. The first-order valence-corrected chi connectivity index (χ1v) is 15.9. The van der Waals surface area contributed by atoms with E-state index in [1.807, 2.05) is 0 Å². The van der Waals surface area contributed by atoms with E-state index in [0.29, 0.717) is 0 Å². The lowest BCUT2D eigenvalue weighted by molar-refractivity contribution is 0.134. The summed E-state index contributed by atoms with van der Waals surface area (Å²) in [5.41, 5.74) is 0. The van der Waals surface area contributed by atoms with Gasteiger partial charge in [0.2, 0.25) is 0 Å². The molecule has 1 saturated carbocycles. The first kappa shape index (κ1) is 29.2. The fourth-order valence-electron chi connectivity index (χ4n) is 6.35. The molecule has 33 heavy (non-hydrogen) atoms. The Morgan fingerprint density at radius 1 is 0.515 bits per heavy atom. The standard InChI is InChI=1S/C31H62N2/c1-2-3-4-5-6-9-12-17-22-27-32-30-25-20-15-10-7-8-11-16-21-26-31(30)33-28-23-18-13-14-19-24-29-33/h30-32H,2-29H2,1H3. The summed E-state index contributed by atoms with van der Waals surface area (Å²) in [6.45, 7) is 6.29. The van der Waals surface area contributed by atoms with Crippen LogP contribution in [0.1, 0.15) is 167 Å². The van der Waals surface area contributed by atoms with Crippen molar-refractivity contribution >= 4 is 0 Å².